The number of rotatable bonds is 1. The molecule has 0 aliphatic rings. The van der Waals surface area contributed by atoms with E-state index in [1.54, 1.807) is 0 Å². The fourth-order valence-electron chi connectivity index (χ4n) is 1.89. The lowest BCUT2D eigenvalue weighted by molar-refractivity contribution is 0.282. The van der Waals surface area contributed by atoms with Crippen LogP contribution in [0.4, 0.5) is 0 Å². The molecule has 0 aliphatic carbocycles. The van der Waals surface area contributed by atoms with E-state index in [9.17, 15) is 0 Å². The van der Waals surface area contributed by atoms with Crippen molar-refractivity contribution < 1.29 is 5.11 Å². The van der Waals surface area contributed by atoms with E-state index < -0.39 is 0 Å². The quantitative estimate of drug-likeness (QED) is 0.775. The van der Waals surface area contributed by atoms with E-state index >= 15 is 0 Å². The Balaban J connectivity index is 2.16. The minimum Gasteiger partial charge on any atom is -0.392 e. The molecule has 102 valence electrons. The van der Waals surface area contributed by atoms with Crippen molar-refractivity contribution in [2.45, 2.75) is 32.8 Å². The highest BCUT2D eigenvalue weighted by Gasteiger charge is 2.12. The Kier molecular flexibility index (Phi) is 4.27. The molecule has 1 N–H and O–H groups in total. The zero-order valence-electron chi connectivity index (χ0n) is 12.3. The summed E-state index contributed by atoms with van der Waals surface area (Å²) in [6, 6.07) is 16.1. The van der Waals surface area contributed by atoms with Crippen LogP contribution in [0, 0.1) is 11.8 Å². The topological polar surface area (TPSA) is 20.2 Å². The monoisotopic (exact) mass is 264 g/mol. The SMILES string of the molecule is CC(C)(C)c1ccc(C#Cc2ccc(CO)cc2)cc1. The fourth-order valence-corrected chi connectivity index (χ4v) is 1.89. The predicted octanol–water partition coefficient (Wildman–Crippen LogP) is 3.88. The molecule has 0 saturated carbocycles. The van der Waals surface area contributed by atoms with Crippen LogP contribution in [-0.4, -0.2) is 5.11 Å². The Morgan fingerprint density at radius 2 is 1.25 bits per heavy atom. The first-order chi connectivity index (χ1) is 9.49. The van der Waals surface area contributed by atoms with Gasteiger partial charge < -0.3 is 5.11 Å². The molecule has 2 rings (SSSR count). The normalized spacial score (nSPS) is 10.8. The molecule has 20 heavy (non-hydrogen) atoms. The second-order valence-electron chi connectivity index (χ2n) is 5.93. The van der Waals surface area contributed by atoms with Crippen molar-refractivity contribution in [2.75, 3.05) is 0 Å². The van der Waals surface area contributed by atoms with Gasteiger partial charge in [0.2, 0.25) is 0 Å². The second kappa shape index (κ2) is 5.94. The molecule has 0 unspecified atom stereocenters. The van der Waals surface area contributed by atoms with Gasteiger partial charge in [0, 0.05) is 11.1 Å². The van der Waals surface area contributed by atoms with Gasteiger partial charge in [-0.2, -0.15) is 0 Å². The third-order valence-electron chi connectivity index (χ3n) is 3.24. The first-order valence-corrected chi connectivity index (χ1v) is 6.81. The molecule has 2 aromatic carbocycles. The van der Waals surface area contributed by atoms with Crippen molar-refractivity contribution in [1.29, 1.82) is 0 Å². The zero-order valence-corrected chi connectivity index (χ0v) is 12.3. The number of aliphatic hydroxyl groups is 1. The third-order valence-corrected chi connectivity index (χ3v) is 3.24. The molecule has 2 aromatic rings. The molecule has 0 atom stereocenters. The van der Waals surface area contributed by atoms with Crippen LogP contribution in [0.25, 0.3) is 0 Å². The van der Waals surface area contributed by atoms with Gasteiger partial charge in [-0.05, 0) is 40.8 Å². The van der Waals surface area contributed by atoms with Gasteiger partial charge in [-0.3, -0.25) is 0 Å². The maximum atomic E-state index is 8.99. The first kappa shape index (κ1) is 14.4. The molecule has 0 aromatic heterocycles. The molecular formula is C19H20O. The zero-order chi connectivity index (χ0) is 14.6. The largest absolute Gasteiger partial charge is 0.392 e. The van der Waals surface area contributed by atoms with Gasteiger partial charge in [0.15, 0.2) is 0 Å². The molecule has 1 heteroatoms. The number of hydrogen-bond acceptors (Lipinski definition) is 1. The minimum atomic E-state index is 0.0714. The fraction of sp³-hybridized carbons (Fsp3) is 0.263. The van der Waals surface area contributed by atoms with Crippen LogP contribution in [0.2, 0.25) is 0 Å². The maximum Gasteiger partial charge on any atom is 0.0681 e. The van der Waals surface area contributed by atoms with Gasteiger partial charge in [-0.25, -0.2) is 0 Å². The molecule has 0 amide bonds. The van der Waals surface area contributed by atoms with Crippen LogP contribution in [-0.2, 0) is 12.0 Å². The van der Waals surface area contributed by atoms with Crippen molar-refractivity contribution in [2.24, 2.45) is 0 Å². The van der Waals surface area contributed by atoms with Crippen molar-refractivity contribution in [3.63, 3.8) is 0 Å². The van der Waals surface area contributed by atoms with E-state index in [-0.39, 0.29) is 12.0 Å². The molecule has 0 fully saturated rings. The minimum absolute atomic E-state index is 0.0714. The second-order valence-corrected chi connectivity index (χ2v) is 5.93. The molecule has 0 heterocycles. The van der Waals surface area contributed by atoms with Crippen molar-refractivity contribution in [3.05, 3.63) is 70.8 Å². The van der Waals surface area contributed by atoms with Gasteiger partial charge in [0.25, 0.3) is 0 Å². The lowest BCUT2D eigenvalue weighted by atomic mass is 9.87. The molecule has 0 bridgehead atoms. The average Bonchev–Trinajstić information content (AvgIpc) is 2.45. The van der Waals surface area contributed by atoms with Crippen molar-refractivity contribution in [3.8, 4) is 11.8 Å². The van der Waals surface area contributed by atoms with Gasteiger partial charge in [0.1, 0.15) is 0 Å². The third kappa shape index (κ3) is 3.73. The molecule has 0 aliphatic heterocycles. The summed E-state index contributed by atoms with van der Waals surface area (Å²) >= 11 is 0. The number of aliphatic hydroxyl groups excluding tert-OH is 1. The van der Waals surface area contributed by atoms with E-state index in [0.29, 0.717) is 0 Å². The Labute approximate surface area is 121 Å². The smallest absolute Gasteiger partial charge is 0.0681 e. The van der Waals surface area contributed by atoms with E-state index in [0.717, 1.165) is 16.7 Å². The summed E-state index contributed by atoms with van der Waals surface area (Å²) in [6.07, 6.45) is 0. The van der Waals surface area contributed by atoms with E-state index in [1.165, 1.54) is 5.56 Å². The summed E-state index contributed by atoms with van der Waals surface area (Å²) < 4.78 is 0. The van der Waals surface area contributed by atoms with Gasteiger partial charge in [-0.1, -0.05) is 56.9 Å². The predicted molar refractivity (Wildman–Crippen MR) is 83.5 cm³/mol. The van der Waals surface area contributed by atoms with Gasteiger partial charge >= 0.3 is 0 Å². The average molecular weight is 264 g/mol. The van der Waals surface area contributed by atoms with Gasteiger partial charge in [-0.15, -0.1) is 0 Å². The molecule has 0 radical (unpaired) electrons. The van der Waals surface area contributed by atoms with E-state index in [2.05, 4.69) is 56.9 Å². The van der Waals surface area contributed by atoms with E-state index in [1.807, 2.05) is 24.3 Å². The molecule has 1 nitrogen and oxygen atoms in total. The van der Waals surface area contributed by atoms with Crippen molar-refractivity contribution in [1.82, 2.24) is 0 Å². The summed E-state index contributed by atoms with van der Waals surface area (Å²) in [5.74, 6) is 6.30. The van der Waals surface area contributed by atoms with Crippen LogP contribution < -0.4 is 0 Å². The molecule has 0 saturated heterocycles. The Hall–Kier alpha value is -2.04. The first-order valence-electron chi connectivity index (χ1n) is 6.81. The maximum absolute atomic E-state index is 8.99. The summed E-state index contributed by atoms with van der Waals surface area (Å²) in [5, 5.41) is 8.99. The lowest BCUT2D eigenvalue weighted by Gasteiger charge is -2.18. The summed E-state index contributed by atoms with van der Waals surface area (Å²) in [4.78, 5) is 0. The standard InChI is InChI=1S/C19H20O/c1-19(2,3)18-12-10-16(11-13-18)5-4-15-6-8-17(14-20)9-7-15/h6-13,20H,14H2,1-3H3. The number of benzene rings is 2. The van der Waals surface area contributed by atoms with Crippen LogP contribution in [0.1, 0.15) is 43.0 Å². The highest BCUT2D eigenvalue weighted by molar-refractivity contribution is 5.44. The lowest BCUT2D eigenvalue weighted by Crippen LogP contribution is -2.10. The van der Waals surface area contributed by atoms with Gasteiger partial charge in [0.05, 0.1) is 6.61 Å². The van der Waals surface area contributed by atoms with Crippen LogP contribution >= 0.6 is 0 Å². The van der Waals surface area contributed by atoms with Crippen molar-refractivity contribution >= 4 is 0 Å². The van der Waals surface area contributed by atoms with Crippen LogP contribution in [0.15, 0.2) is 48.5 Å². The van der Waals surface area contributed by atoms with Crippen LogP contribution in [0.3, 0.4) is 0 Å². The molecule has 0 spiro atoms. The Morgan fingerprint density at radius 1 is 0.800 bits per heavy atom. The Bertz CT molecular complexity index is 617. The summed E-state index contributed by atoms with van der Waals surface area (Å²) in [7, 11) is 0. The molecular weight excluding hydrogens is 244 g/mol. The highest BCUT2D eigenvalue weighted by atomic mass is 16.3. The van der Waals surface area contributed by atoms with E-state index in [4.69, 9.17) is 5.11 Å². The highest BCUT2D eigenvalue weighted by Crippen LogP contribution is 2.21. The number of hydrogen-bond donors (Lipinski definition) is 1. The van der Waals surface area contributed by atoms with Crippen LogP contribution in [0.5, 0.6) is 0 Å². The summed E-state index contributed by atoms with van der Waals surface area (Å²) in [5.41, 5.74) is 4.37. The Morgan fingerprint density at radius 3 is 1.65 bits per heavy atom. The summed E-state index contributed by atoms with van der Waals surface area (Å²) in [6.45, 7) is 6.69.